The number of piperazine rings is 1. The Hall–Kier alpha value is -3.28. The van der Waals surface area contributed by atoms with Crippen molar-refractivity contribution in [1.82, 2.24) is 9.80 Å². The van der Waals surface area contributed by atoms with Gasteiger partial charge in [-0.1, -0.05) is 24.3 Å². The summed E-state index contributed by atoms with van der Waals surface area (Å²) in [6.45, 7) is 8.81. The first kappa shape index (κ1) is 21.0. The summed E-state index contributed by atoms with van der Waals surface area (Å²) in [5, 5.41) is 0. The van der Waals surface area contributed by atoms with E-state index < -0.39 is 0 Å². The zero-order valence-electron chi connectivity index (χ0n) is 18.6. The Morgan fingerprint density at radius 2 is 1.52 bits per heavy atom. The minimum absolute atomic E-state index is 0.195. The van der Waals surface area contributed by atoms with E-state index in [9.17, 15) is 9.59 Å². The van der Waals surface area contributed by atoms with E-state index in [0.717, 1.165) is 24.4 Å². The van der Waals surface area contributed by atoms with Crippen molar-refractivity contribution in [3.05, 3.63) is 65.4 Å². The molecule has 2 aliphatic heterocycles. The van der Waals surface area contributed by atoms with Gasteiger partial charge in [0.05, 0.1) is 12.7 Å². The molecule has 2 aliphatic rings. The molecule has 0 unspecified atom stereocenters. The van der Waals surface area contributed by atoms with Crippen molar-refractivity contribution in [2.45, 2.75) is 26.8 Å². The Morgan fingerprint density at radius 3 is 2.10 bits per heavy atom. The first-order valence-electron chi connectivity index (χ1n) is 10.7. The Morgan fingerprint density at radius 1 is 0.871 bits per heavy atom. The number of anilines is 1. The number of hydrogen-bond donors (Lipinski definition) is 0. The predicted octanol–water partition coefficient (Wildman–Crippen LogP) is 3.31. The van der Waals surface area contributed by atoms with Crippen LogP contribution in [0.15, 0.2) is 54.2 Å². The summed E-state index contributed by atoms with van der Waals surface area (Å²) >= 11 is 0. The van der Waals surface area contributed by atoms with E-state index >= 15 is 0 Å². The number of amides is 2. The largest absolute Gasteiger partial charge is 0.497 e. The van der Waals surface area contributed by atoms with Crippen molar-refractivity contribution in [2.24, 2.45) is 0 Å². The van der Waals surface area contributed by atoms with Crippen LogP contribution in [0.3, 0.4) is 0 Å². The van der Waals surface area contributed by atoms with Gasteiger partial charge in [0.1, 0.15) is 11.4 Å². The van der Waals surface area contributed by atoms with E-state index in [-0.39, 0.29) is 17.9 Å². The molecular weight excluding hydrogens is 390 g/mol. The summed E-state index contributed by atoms with van der Waals surface area (Å²) in [6.07, 6.45) is 0. The van der Waals surface area contributed by atoms with Gasteiger partial charge in [0.15, 0.2) is 0 Å². The van der Waals surface area contributed by atoms with Crippen molar-refractivity contribution in [2.75, 3.05) is 38.2 Å². The van der Waals surface area contributed by atoms with Crippen molar-refractivity contribution >= 4 is 23.1 Å². The molecule has 2 aromatic rings. The highest BCUT2D eigenvalue weighted by molar-refractivity contribution is 6.35. The van der Waals surface area contributed by atoms with Gasteiger partial charge >= 0.3 is 0 Å². The Bertz CT molecular complexity index is 1020. The molecular formula is C25H29N3O3. The average Bonchev–Trinajstić information content (AvgIpc) is 3.04. The summed E-state index contributed by atoms with van der Waals surface area (Å²) in [5.41, 5.74) is 4.19. The highest BCUT2D eigenvalue weighted by Crippen LogP contribution is 2.34. The lowest BCUT2D eigenvalue weighted by atomic mass is 10.0. The molecule has 162 valence electrons. The number of hydrogen-bond acceptors (Lipinski definition) is 5. The van der Waals surface area contributed by atoms with Gasteiger partial charge in [-0.2, -0.15) is 0 Å². The number of imide groups is 1. The van der Waals surface area contributed by atoms with Crippen LogP contribution in [0.5, 0.6) is 5.75 Å². The van der Waals surface area contributed by atoms with E-state index in [4.69, 9.17) is 4.74 Å². The third-order valence-electron chi connectivity index (χ3n) is 5.95. The molecule has 1 fully saturated rings. The van der Waals surface area contributed by atoms with E-state index in [1.807, 2.05) is 38.1 Å². The monoisotopic (exact) mass is 419 g/mol. The van der Waals surface area contributed by atoms with Crippen LogP contribution in [-0.4, -0.2) is 60.9 Å². The third-order valence-corrected chi connectivity index (χ3v) is 5.95. The molecule has 4 rings (SSSR count). The summed E-state index contributed by atoms with van der Waals surface area (Å²) in [5.74, 6) is 0.297. The molecule has 0 atom stereocenters. The van der Waals surface area contributed by atoms with E-state index in [1.165, 1.54) is 16.2 Å². The molecule has 0 N–H and O–H groups in total. The molecule has 0 aromatic heterocycles. The fourth-order valence-corrected chi connectivity index (χ4v) is 4.33. The van der Waals surface area contributed by atoms with E-state index in [0.29, 0.717) is 24.4 Å². The fraction of sp³-hybridized carbons (Fsp3) is 0.360. The first-order chi connectivity index (χ1) is 14.9. The number of carbonyl (C=O) groups is 2. The summed E-state index contributed by atoms with van der Waals surface area (Å²) < 4.78 is 5.25. The zero-order valence-corrected chi connectivity index (χ0v) is 18.6. The molecule has 0 radical (unpaired) electrons. The molecule has 2 amide bonds. The van der Waals surface area contributed by atoms with Crippen LogP contribution in [0.4, 0.5) is 5.69 Å². The molecule has 0 bridgehead atoms. The SMILES string of the molecule is COc1ccc(C2=C(N3CCN(c4cccc(C)c4)CC3)C(=O)N(C(C)C)C2=O)cc1. The van der Waals surface area contributed by atoms with Crippen molar-refractivity contribution < 1.29 is 14.3 Å². The maximum absolute atomic E-state index is 13.3. The van der Waals surface area contributed by atoms with Crippen LogP contribution in [0.1, 0.15) is 25.0 Å². The Balaban J connectivity index is 1.65. The van der Waals surface area contributed by atoms with Gasteiger partial charge in [-0.25, -0.2) is 0 Å². The lowest BCUT2D eigenvalue weighted by molar-refractivity contribution is -0.139. The maximum Gasteiger partial charge on any atom is 0.278 e. The number of nitrogens with zero attached hydrogens (tertiary/aromatic N) is 3. The van der Waals surface area contributed by atoms with Gasteiger partial charge < -0.3 is 14.5 Å². The molecule has 0 spiro atoms. The summed E-state index contributed by atoms with van der Waals surface area (Å²) in [4.78, 5) is 32.4. The third kappa shape index (κ3) is 3.90. The van der Waals surface area contributed by atoms with E-state index in [2.05, 4.69) is 41.0 Å². The summed E-state index contributed by atoms with van der Waals surface area (Å²) in [6, 6.07) is 15.6. The van der Waals surface area contributed by atoms with Gasteiger partial charge in [0.2, 0.25) is 0 Å². The molecule has 6 nitrogen and oxygen atoms in total. The van der Waals surface area contributed by atoms with Crippen molar-refractivity contribution in [3.63, 3.8) is 0 Å². The van der Waals surface area contributed by atoms with Gasteiger partial charge in [0.25, 0.3) is 11.8 Å². The number of methoxy groups -OCH3 is 1. The van der Waals surface area contributed by atoms with Gasteiger partial charge in [-0.05, 0) is 56.2 Å². The molecule has 2 heterocycles. The predicted molar refractivity (Wildman–Crippen MR) is 122 cm³/mol. The molecule has 2 aromatic carbocycles. The number of ether oxygens (including phenoxy) is 1. The molecule has 31 heavy (non-hydrogen) atoms. The van der Waals surface area contributed by atoms with Gasteiger partial charge in [0, 0.05) is 37.9 Å². The van der Waals surface area contributed by atoms with Crippen LogP contribution in [0.2, 0.25) is 0 Å². The van der Waals surface area contributed by atoms with Crippen LogP contribution in [-0.2, 0) is 9.59 Å². The second-order valence-corrected chi connectivity index (χ2v) is 8.34. The standard InChI is InChI=1S/C25H29N3O3/c1-17(2)28-24(29)22(19-8-10-21(31-4)11-9-19)23(25(28)30)27-14-12-26(13-15-27)20-7-5-6-18(3)16-20/h5-11,16-17H,12-15H2,1-4H3. The second-order valence-electron chi connectivity index (χ2n) is 8.34. The van der Waals surface area contributed by atoms with Crippen LogP contribution < -0.4 is 9.64 Å². The molecule has 0 saturated carbocycles. The molecule has 6 heteroatoms. The van der Waals surface area contributed by atoms with Gasteiger partial charge in [-0.3, -0.25) is 14.5 Å². The smallest absolute Gasteiger partial charge is 0.278 e. The molecule has 0 aliphatic carbocycles. The normalized spacial score (nSPS) is 17.3. The highest BCUT2D eigenvalue weighted by Gasteiger charge is 2.43. The van der Waals surface area contributed by atoms with E-state index in [1.54, 1.807) is 7.11 Å². The average molecular weight is 420 g/mol. The van der Waals surface area contributed by atoms with Crippen LogP contribution in [0.25, 0.3) is 5.57 Å². The quantitative estimate of drug-likeness (QED) is 0.696. The minimum Gasteiger partial charge on any atom is -0.497 e. The lowest BCUT2D eigenvalue weighted by Gasteiger charge is -2.38. The fourth-order valence-electron chi connectivity index (χ4n) is 4.33. The van der Waals surface area contributed by atoms with Crippen molar-refractivity contribution in [3.8, 4) is 5.75 Å². The first-order valence-corrected chi connectivity index (χ1v) is 10.7. The van der Waals surface area contributed by atoms with Crippen molar-refractivity contribution in [1.29, 1.82) is 0 Å². The second kappa shape index (κ2) is 8.46. The number of carbonyl (C=O) groups excluding carboxylic acids is 2. The highest BCUT2D eigenvalue weighted by atomic mass is 16.5. The number of rotatable bonds is 5. The number of aryl methyl sites for hydroxylation is 1. The van der Waals surface area contributed by atoms with Gasteiger partial charge in [-0.15, -0.1) is 0 Å². The Kier molecular flexibility index (Phi) is 5.72. The topological polar surface area (TPSA) is 53.1 Å². The number of benzene rings is 2. The summed E-state index contributed by atoms with van der Waals surface area (Å²) in [7, 11) is 1.61. The zero-order chi connectivity index (χ0) is 22.1. The van der Waals surface area contributed by atoms with Crippen LogP contribution >= 0.6 is 0 Å². The molecule has 1 saturated heterocycles. The minimum atomic E-state index is -0.221. The van der Waals surface area contributed by atoms with Crippen LogP contribution in [0, 0.1) is 6.92 Å². The lowest BCUT2D eigenvalue weighted by Crippen LogP contribution is -2.48. The Labute approximate surface area is 183 Å². The maximum atomic E-state index is 13.3.